The molecule has 3 aromatic carbocycles. The van der Waals surface area contributed by atoms with Crippen molar-refractivity contribution < 1.29 is 52.9 Å². The molecule has 4 heterocycles. The van der Waals surface area contributed by atoms with Gasteiger partial charge in [0.15, 0.2) is 11.4 Å². The van der Waals surface area contributed by atoms with Crippen LogP contribution < -0.4 is 20.7 Å². The minimum absolute atomic E-state index is 0.0197. The van der Waals surface area contributed by atoms with Crippen LogP contribution in [0.1, 0.15) is 97.6 Å². The van der Waals surface area contributed by atoms with E-state index in [1.807, 2.05) is 24.3 Å². The number of unbranched alkanes of at least 4 members (excludes halogenated alkanes) is 1. The summed E-state index contributed by atoms with van der Waals surface area (Å²) in [5.41, 5.74) is 1.65. The summed E-state index contributed by atoms with van der Waals surface area (Å²) in [4.78, 5) is 110. The summed E-state index contributed by atoms with van der Waals surface area (Å²) in [6.45, 7) is 1.13. The number of imide groups is 2. The van der Waals surface area contributed by atoms with Crippen molar-refractivity contribution in [3.8, 4) is 22.6 Å². The molecule has 0 saturated carbocycles. The van der Waals surface area contributed by atoms with Gasteiger partial charge in [-0.2, -0.15) is 0 Å². The number of aromatic nitrogens is 1. The zero-order valence-corrected chi connectivity index (χ0v) is 35.0. The number of nitrogens with one attached hydrogen (secondary N) is 3. The fraction of sp³-hybridized carbons (Fsp3) is 0.340. The van der Waals surface area contributed by atoms with Crippen molar-refractivity contribution in [2.75, 3.05) is 26.8 Å². The molecule has 7 amide bonds. The van der Waals surface area contributed by atoms with E-state index >= 15 is 0 Å². The quantitative estimate of drug-likeness (QED) is 0.0862. The van der Waals surface area contributed by atoms with Crippen LogP contribution in [0, 0.1) is 0 Å². The van der Waals surface area contributed by atoms with Gasteiger partial charge in [0.05, 0.1) is 24.8 Å². The normalized spacial score (nSPS) is 17.9. The highest BCUT2D eigenvalue weighted by atomic mass is 16.5. The van der Waals surface area contributed by atoms with Crippen LogP contribution in [0.25, 0.3) is 11.1 Å². The zero-order chi connectivity index (χ0) is 45.1. The summed E-state index contributed by atoms with van der Waals surface area (Å²) in [7, 11) is 1.26. The Kier molecular flexibility index (Phi) is 12.2. The number of nitrogens with zero attached hydrogens (tertiary/aromatic N) is 3. The first-order valence-corrected chi connectivity index (χ1v) is 21.2. The third-order valence-corrected chi connectivity index (χ3v) is 12.3. The van der Waals surface area contributed by atoms with Crippen LogP contribution in [0.15, 0.2) is 79.0 Å². The molecule has 1 atom stereocenters. The number of carbonyl (C=O) groups excluding carboxylic acids is 8. The molecule has 0 radical (unpaired) electrons. The Morgan fingerprint density at radius 2 is 1.56 bits per heavy atom. The highest BCUT2D eigenvalue weighted by Gasteiger charge is 2.48. The maximum Gasteiger partial charge on any atom is 0.332 e. The van der Waals surface area contributed by atoms with Gasteiger partial charge in [0.2, 0.25) is 17.7 Å². The molecule has 330 valence electrons. The van der Waals surface area contributed by atoms with E-state index in [9.17, 15) is 43.5 Å². The van der Waals surface area contributed by atoms with Crippen LogP contribution in [0.3, 0.4) is 0 Å². The highest BCUT2D eigenvalue weighted by Crippen LogP contribution is 2.36. The van der Waals surface area contributed by atoms with E-state index < -0.39 is 47.1 Å². The largest absolute Gasteiger partial charge is 0.505 e. The average Bonchev–Trinajstić information content (AvgIpc) is 3.80. The third kappa shape index (κ3) is 8.52. The topological polar surface area (TPSA) is 231 Å². The predicted octanol–water partition coefficient (Wildman–Crippen LogP) is 3.27. The lowest BCUT2D eigenvalue weighted by Gasteiger charge is -2.32. The fourth-order valence-electron chi connectivity index (χ4n) is 8.89. The van der Waals surface area contributed by atoms with E-state index in [2.05, 4.69) is 20.9 Å². The molecule has 3 aliphatic heterocycles. The van der Waals surface area contributed by atoms with Crippen molar-refractivity contribution in [2.24, 2.45) is 0 Å². The Morgan fingerprint density at radius 3 is 2.25 bits per heavy atom. The third-order valence-electron chi connectivity index (χ3n) is 12.3. The summed E-state index contributed by atoms with van der Waals surface area (Å²) in [5, 5.41) is 19.2. The number of ether oxygens (including phenoxy) is 2. The lowest BCUT2D eigenvalue weighted by Crippen LogP contribution is -2.56. The number of methoxy groups -OCH3 is 1. The fourth-order valence-corrected chi connectivity index (χ4v) is 8.89. The molecule has 64 heavy (non-hydrogen) atoms. The number of pyridine rings is 1. The monoisotopic (exact) mass is 870 g/mol. The second-order valence-corrected chi connectivity index (χ2v) is 16.3. The number of esters is 1. The van der Waals surface area contributed by atoms with Gasteiger partial charge in [-0.25, -0.2) is 9.78 Å². The first-order valence-electron chi connectivity index (χ1n) is 21.2. The van der Waals surface area contributed by atoms with Gasteiger partial charge in [-0.3, -0.25) is 43.8 Å². The number of hydrogen-bond acceptors (Lipinski definition) is 12. The van der Waals surface area contributed by atoms with Crippen LogP contribution >= 0.6 is 0 Å². The lowest BCUT2D eigenvalue weighted by molar-refractivity contribution is -0.148. The molecule has 0 spiro atoms. The summed E-state index contributed by atoms with van der Waals surface area (Å²) in [6.07, 6.45) is 4.37. The first kappa shape index (κ1) is 43.2. The van der Waals surface area contributed by atoms with Gasteiger partial charge in [0.25, 0.3) is 23.6 Å². The van der Waals surface area contributed by atoms with Crippen molar-refractivity contribution in [2.45, 2.75) is 75.4 Å². The molecule has 8 rings (SSSR count). The smallest absolute Gasteiger partial charge is 0.332 e. The van der Waals surface area contributed by atoms with E-state index in [0.717, 1.165) is 16.0 Å². The van der Waals surface area contributed by atoms with E-state index in [1.165, 1.54) is 19.4 Å². The number of rotatable bonds is 13. The summed E-state index contributed by atoms with van der Waals surface area (Å²) in [6, 6.07) is 19.1. The van der Waals surface area contributed by atoms with Gasteiger partial charge in [-0.05, 0) is 79.1 Å². The number of likely N-dealkylation sites (tertiary alicyclic amines) is 1. The average molecular weight is 871 g/mol. The number of benzene rings is 3. The number of carbonyl (C=O) groups is 8. The number of hydrogen-bond donors (Lipinski definition) is 4. The van der Waals surface area contributed by atoms with E-state index in [4.69, 9.17) is 9.47 Å². The Bertz CT molecular complexity index is 2540. The zero-order valence-electron chi connectivity index (χ0n) is 35.0. The molecule has 1 unspecified atom stereocenters. The molecule has 2 fully saturated rings. The second-order valence-electron chi connectivity index (χ2n) is 16.3. The first-order chi connectivity index (χ1) is 30.9. The molecule has 0 bridgehead atoms. The Hall–Kier alpha value is -7.43. The van der Waals surface area contributed by atoms with Crippen molar-refractivity contribution in [1.82, 2.24) is 30.7 Å². The molecule has 4 aliphatic rings. The molecular formula is C47H46N6O11. The van der Waals surface area contributed by atoms with Gasteiger partial charge in [-0.15, -0.1) is 0 Å². The number of fused-ring (bicyclic) bond motifs is 2. The molecule has 4 N–H and O–H groups in total. The van der Waals surface area contributed by atoms with Crippen LogP contribution in [0.2, 0.25) is 0 Å². The molecule has 17 nitrogen and oxygen atoms in total. The molecule has 17 heteroatoms. The molecular weight excluding hydrogens is 825 g/mol. The van der Waals surface area contributed by atoms with Crippen LogP contribution in [0.4, 0.5) is 0 Å². The Labute approximate surface area is 367 Å². The minimum Gasteiger partial charge on any atom is -0.505 e. The Morgan fingerprint density at radius 1 is 0.844 bits per heavy atom. The standard InChI is InChI=1S/C47H46N6O11/c1-63-46(62)47(25-29-7-2-3-8-30(29)26-47)51-43(59)39-40(56)32(18-21-48-39)27-12-14-28(15-13-27)41(57)49-31-19-22-52(23-20-31)37(55)11-4-5-24-64-35-10-6-9-33-38(35)45(61)53(44(33)60)34-16-17-36(54)50-42(34)58/h2-3,6-10,12-15,18,21,31,34,56H,4-5,11,16-17,19-20,22-26H2,1H3,(H,49,57)(H,51,59)(H,50,54,58). The van der Waals surface area contributed by atoms with Gasteiger partial charge < -0.3 is 30.1 Å². The maximum absolute atomic E-state index is 13.5. The minimum atomic E-state index is -1.35. The maximum atomic E-state index is 13.5. The van der Waals surface area contributed by atoms with Crippen LogP contribution in [0.5, 0.6) is 11.5 Å². The number of amides is 7. The molecule has 1 aromatic heterocycles. The van der Waals surface area contributed by atoms with Crippen molar-refractivity contribution in [3.05, 3.63) is 113 Å². The SMILES string of the molecule is COC(=O)C1(NC(=O)c2nccc(-c3ccc(C(=O)NC4CCN(C(=O)CCCCOc5cccc6c5C(=O)N(C5CCC(=O)NC5=O)C6=O)CC4)cc3)c2O)Cc2ccccc2C1. The van der Waals surface area contributed by atoms with E-state index in [1.54, 1.807) is 47.4 Å². The summed E-state index contributed by atoms with van der Waals surface area (Å²) in [5.74, 6) is -4.22. The van der Waals surface area contributed by atoms with Gasteiger partial charge in [0, 0.05) is 62.1 Å². The van der Waals surface area contributed by atoms with Crippen LogP contribution in [-0.4, -0.2) is 112 Å². The summed E-state index contributed by atoms with van der Waals surface area (Å²) >= 11 is 0. The lowest BCUT2D eigenvalue weighted by atomic mass is 9.95. The van der Waals surface area contributed by atoms with Crippen molar-refractivity contribution in [3.63, 3.8) is 0 Å². The van der Waals surface area contributed by atoms with Crippen molar-refractivity contribution >= 4 is 47.3 Å². The van der Waals surface area contributed by atoms with Gasteiger partial charge in [0.1, 0.15) is 17.3 Å². The highest BCUT2D eigenvalue weighted by molar-refractivity contribution is 6.24. The van der Waals surface area contributed by atoms with E-state index in [0.29, 0.717) is 55.5 Å². The van der Waals surface area contributed by atoms with Crippen molar-refractivity contribution in [1.29, 1.82) is 0 Å². The van der Waals surface area contributed by atoms with E-state index in [-0.39, 0.29) is 84.9 Å². The van der Waals surface area contributed by atoms with Crippen LogP contribution in [-0.2, 0) is 36.8 Å². The number of piperidine rings is 2. The van der Waals surface area contributed by atoms with Gasteiger partial charge in [-0.1, -0.05) is 42.5 Å². The molecule has 1 aliphatic carbocycles. The second kappa shape index (κ2) is 18.1. The molecule has 2 saturated heterocycles. The number of aromatic hydroxyl groups is 1. The molecule has 4 aromatic rings. The van der Waals surface area contributed by atoms with Gasteiger partial charge >= 0.3 is 5.97 Å². The predicted molar refractivity (Wildman–Crippen MR) is 227 cm³/mol. The Balaban J connectivity index is 0.782. The summed E-state index contributed by atoms with van der Waals surface area (Å²) < 4.78 is 11.0.